The molecule has 0 unspecified atom stereocenters. The van der Waals surface area contributed by atoms with Gasteiger partial charge in [0.1, 0.15) is 24.7 Å². The van der Waals surface area contributed by atoms with Gasteiger partial charge in [0.2, 0.25) is 0 Å². The van der Waals surface area contributed by atoms with Gasteiger partial charge in [0, 0.05) is 68.4 Å². The number of nitrogens with two attached hydrogens (primary N) is 3. The largest absolute Gasteiger partial charge is 1.00 e. The van der Waals surface area contributed by atoms with Crippen molar-refractivity contribution < 1.29 is 71.6 Å². The number of methoxy groups -OCH3 is 2. The van der Waals surface area contributed by atoms with Crippen LogP contribution in [0.5, 0.6) is 11.5 Å². The first-order chi connectivity index (χ1) is 21.5. The number of Topliss-reactive ketones (excluding diaryl/α,β-unsaturated/α-hetero) is 3. The second-order valence-electron chi connectivity index (χ2n) is 9.20. The summed E-state index contributed by atoms with van der Waals surface area (Å²) >= 11 is 0. The van der Waals surface area contributed by atoms with Crippen molar-refractivity contribution in [2.45, 2.75) is 34.1 Å². The topological polar surface area (TPSA) is 225 Å². The summed E-state index contributed by atoms with van der Waals surface area (Å²) in [5.74, 6) is -0.810. The average Bonchev–Trinajstić information content (AvgIpc) is 2.99. The summed E-state index contributed by atoms with van der Waals surface area (Å²) in [6.45, 7) is 6.40. The third-order valence-electron chi connectivity index (χ3n) is 5.43. The van der Waals surface area contributed by atoms with Gasteiger partial charge in [-0.15, -0.1) is 0 Å². The third-order valence-corrected chi connectivity index (χ3v) is 5.43. The van der Waals surface area contributed by atoms with Crippen LogP contribution in [0, 0.1) is 0 Å². The zero-order valence-corrected chi connectivity index (χ0v) is 27.5. The molecule has 0 amide bonds. The first-order valence-electron chi connectivity index (χ1n) is 14.1. The molecule has 0 aromatic heterocycles. The first-order valence-corrected chi connectivity index (χ1v) is 14.1. The standard InChI is InChI=1S/C16H23NO5.C10H11NO4.C5H13NO2.CH4.Li/c1-12(18)15-6-5-14(10-16(15)17)22-11-13(19)4-3-7-21-9-8-20-2;1-6(12)8-3-2-7(4-9(8)11)15-5-10(13)14;1-7-4-5-8-3-2-6;;/h5-6,10H,3-4,7-9,11,17H2,1-2H3;2-4H,5,11H2,1H3,(H,13,14);2-6H2,1H3;1H4;/q;;;;+1/p-1. The van der Waals surface area contributed by atoms with E-state index in [1.165, 1.54) is 32.0 Å². The molecule has 2 aromatic rings. The summed E-state index contributed by atoms with van der Waals surface area (Å²) in [6.07, 6.45) is 1.05. The van der Waals surface area contributed by atoms with Crippen molar-refractivity contribution in [1.29, 1.82) is 0 Å². The number of carboxylic acid groups (broad SMARTS) is 1. The predicted octanol–water partition coefficient (Wildman–Crippen LogP) is -1.29. The molecule has 0 aliphatic carbocycles. The van der Waals surface area contributed by atoms with Crippen molar-refractivity contribution in [2.24, 2.45) is 5.73 Å². The van der Waals surface area contributed by atoms with Crippen molar-refractivity contribution in [2.75, 3.05) is 85.1 Å². The third kappa shape index (κ3) is 24.4. The summed E-state index contributed by atoms with van der Waals surface area (Å²) in [5.41, 5.74) is 17.9. The van der Waals surface area contributed by atoms with E-state index in [0.29, 0.717) is 87.3 Å². The van der Waals surface area contributed by atoms with Crippen LogP contribution in [0.2, 0.25) is 0 Å². The minimum atomic E-state index is -1.32. The molecule has 0 saturated carbocycles. The number of hydrogen-bond acceptors (Lipinski definition) is 14. The number of carbonyl (C=O) groups is 4. The number of nitrogen functional groups attached to an aromatic ring is 2. The number of anilines is 2. The average molecular weight is 660 g/mol. The van der Waals surface area contributed by atoms with Crippen molar-refractivity contribution in [3.63, 3.8) is 0 Å². The molecule has 0 aliphatic rings. The molecule has 6 N–H and O–H groups in total. The summed E-state index contributed by atoms with van der Waals surface area (Å²) in [4.78, 5) is 44.1. The Balaban J connectivity index is -0.000000672. The van der Waals surface area contributed by atoms with Crippen LogP contribution in [-0.2, 0) is 28.5 Å². The van der Waals surface area contributed by atoms with Crippen LogP contribution < -0.4 is 50.6 Å². The van der Waals surface area contributed by atoms with Crippen LogP contribution in [0.3, 0.4) is 0 Å². The van der Waals surface area contributed by atoms with E-state index in [2.05, 4.69) is 0 Å². The van der Waals surface area contributed by atoms with Crippen LogP contribution in [0.1, 0.15) is 54.8 Å². The van der Waals surface area contributed by atoms with E-state index in [0.717, 1.165) is 0 Å². The molecule has 0 heterocycles. The normalized spacial score (nSPS) is 9.64. The second kappa shape index (κ2) is 29.9. The van der Waals surface area contributed by atoms with E-state index in [1.54, 1.807) is 32.4 Å². The molecular weight excluding hydrogens is 609 g/mol. The SMILES string of the molecule is C.CC(=O)c1ccc(OCC(=O)[O-])cc1N.COCCOCCCC(=O)COc1ccc(C(C)=O)c(N)c1.COCCOCCN.[Li+]. The Hall–Kier alpha value is -3.48. The summed E-state index contributed by atoms with van der Waals surface area (Å²) in [6, 6.07) is 9.16. The first kappa shape index (κ1) is 47.9. The molecule has 0 saturated heterocycles. The van der Waals surface area contributed by atoms with Gasteiger partial charge in [-0.25, -0.2) is 0 Å². The summed E-state index contributed by atoms with van der Waals surface area (Å²) < 4.78 is 30.0. The number of hydrogen-bond donors (Lipinski definition) is 3. The smallest absolute Gasteiger partial charge is 0.546 e. The Morgan fingerprint density at radius 1 is 0.702 bits per heavy atom. The number of rotatable bonds is 20. The van der Waals surface area contributed by atoms with E-state index in [1.807, 2.05) is 0 Å². The van der Waals surface area contributed by atoms with Crippen LogP contribution in [0.4, 0.5) is 11.4 Å². The molecule has 2 aromatic carbocycles. The molecule has 47 heavy (non-hydrogen) atoms. The second-order valence-corrected chi connectivity index (χ2v) is 9.20. The minimum absolute atomic E-state index is 0. The fraction of sp³-hybridized carbons (Fsp3) is 0.500. The fourth-order valence-corrected chi connectivity index (χ4v) is 3.22. The van der Waals surface area contributed by atoms with Crippen molar-refractivity contribution in [3.8, 4) is 11.5 Å². The molecule has 14 nitrogen and oxygen atoms in total. The summed E-state index contributed by atoms with van der Waals surface area (Å²) in [7, 11) is 3.26. The van der Waals surface area contributed by atoms with Crippen LogP contribution >= 0.6 is 0 Å². The van der Waals surface area contributed by atoms with E-state index < -0.39 is 12.6 Å². The monoisotopic (exact) mass is 659 g/mol. The van der Waals surface area contributed by atoms with Crippen molar-refractivity contribution in [3.05, 3.63) is 47.5 Å². The van der Waals surface area contributed by atoms with E-state index in [-0.39, 0.29) is 55.9 Å². The fourth-order valence-electron chi connectivity index (χ4n) is 3.22. The predicted molar refractivity (Wildman–Crippen MR) is 173 cm³/mol. The number of carbonyl (C=O) groups excluding carboxylic acids is 4. The molecule has 0 spiro atoms. The molecule has 0 fully saturated rings. The van der Waals surface area contributed by atoms with Crippen LogP contribution in [-0.4, -0.2) is 96.9 Å². The van der Waals surface area contributed by atoms with Gasteiger partial charge in [0.15, 0.2) is 17.3 Å². The molecule has 0 radical (unpaired) electrons. The number of benzene rings is 2. The molecule has 15 heteroatoms. The van der Waals surface area contributed by atoms with Crippen molar-refractivity contribution in [1.82, 2.24) is 0 Å². The molecule has 0 aliphatic heterocycles. The van der Waals surface area contributed by atoms with Gasteiger partial charge >= 0.3 is 18.9 Å². The van der Waals surface area contributed by atoms with Gasteiger partial charge in [-0.2, -0.15) is 0 Å². The Labute approximate surface area is 289 Å². The maximum Gasteiger partial charge on any atom is 1.00 e. The minimum Gasteiger partial charge on any atom is -0.546 e. The zero-order valence-electron chi connectivity index (χ0n) is 27.5. The van der Waals surface area contributed by atoms with E-state index >= 15 is 0 Å². The van der Waals surface area contributed by atoms with Crippen LogP contribution in [0.15, 0.2) is 36.4 Å². The van der Waals surface area contributed by atoms with Gasteiger partial charge in [0.25, 0.3) is 0 Å². The Kier molecular flexibility index (Phi) is 30.5. The van der Waals surface area contributed by atoms with Crippen LogP contribution in [0.25, 0.3) is 0 Å². The molecule has 260 valence electrons. The quantitative estimate of drug-likeness (QED) is 0.0651. The van der Waals surface area contributed by atoms with Gasteiger partial charge < -0.3 is 55.5 Å². The number of ketones is 3. The van der Waals surface area contributed by atoms with Gasteiger partial charge in [-0.05, 0) is 44.5 Å². The Morgan fingerprint density at radius 3 is 1.53 bits per heavy atom. The number of aliphatic carboxylic acids is 1. The maximum atomic E-state index is 11.7. The molecular formula is C32H50LiN3O11. The zero-order chi connectivity index (χ0) is 34.0. The molecule has 2 rings (SSSR count). The Morgan fingerprint density at radius 2 is 1.15 bits per heavy atom. The van der Waals surface area contributed by atoms with E-state index in [9.17, 15) is 24.3 Å². The Bertz CT molecular complexity index is 1180. The number of carboxylic acids is 1. The van der Waals surface area contributed by atoms with Gasteiger partial charge in [0.05, 0.1) is 39.0 Å². The molecule has 0 atom stereocenters. The van der Waals surface area contributed by atoms with Crippen molar-refractivity contribution >= 4 is 34.7 Å². The van der Waals surface area contributed by atoms with Gasteiger partial charge in [-0.1, -0.05) is 7.43 Å². The van der Waals surface area contributed by atoms with E-state index in [4.69, 9.17) is 45.6 Å². The van der Waals surface area contributed by atoms with Gasteiger partial charge in [-0.3, -0.25) is 14.4 Å². The molecule has 0 bridgehead atoms. The number of ether oxygens (including phenoxy) is 6. The maximum absolute atomic E-state index is 11.7. The summed E-state index contributed by atoms with van der Waals surface area (Å²) in [5, 5.41) is 10.1.